The van der Waals surface area contributed by atoms with Gasteiger partial charge in [0.25, 0.3) is 0 Å². The zero-order valence-electron chi connectivity index (χ0n) is 15.3. The topological polar surface area (TPSA) is 92.9 Å². The van der Waals surface area contributed by atoms with Crippen LogP contribution in [0.5, 0.6) is 0 Å². The first-order valence-electron chi connectivity index (χ1n) is 8.47. The number of hydrogen-bond acceptors (Lipinski definition) is 4. The van der Waals surface area contributed by atoms with Crippen LogP contribution in [0.15, 0.2) is 0 Å². The molecular formula is C17H29N3O4. The molecule has 0 aromatic heterocycles. The highest BCUT2D eigenvalue weighted by atomic mass is 16.6. The molecule has 136 valence electrons. The van der Waals surface area contributed by atoms with Gasteiger partial charge >= 0.3 is 6.09 Å². The summed E-state index contributed by atoms with van der Waals surface area (Å²) in [5.41, 5.74) is 3.31. The Morgan fingerprint density at radius 3 is 2.12 bits per heavy atom. The number of carbonyl (C=O) groups is 3. The zero-order chi connectivity index (χ0) is 18.3. The zero-order valence-corrected chi connectivity index (χ0v) is 15.3. The van der Waals surface area contributed by atoms with Crippen molar-refractivity contribution in [1.82, 2.24) is 9.80 Å². The lowest BCUT2D eigenvalue weighted by Crippen LogP contribution is -2.64. The Labute approximate surface area is 143 Å². The van der Waals surface area contributed by atoms with Crippen LogP contribution in [0, 0.1) is 5.41 Å². The Kier molecular flexibility index (Phi) is 4.59. The second-order valence-corrected chi connectivity index (χ2v) is 8.33. The van der Waals surface area contributed by atoms with Gasteiger partial charge in [-0.15, -0.1) is 0 Å². The molecule has 2 N–H and O–H groups in total. The van der Waals surface area contributed by atoms with Crippen molar-refractivity contribution in [1.29, 1.82) is 0 Å². The first-order valence-corrected chi connectivity index (χ1v) is 8.47. The maximum Gasteiger partial charge on any atom is 0.410 e. The van der Waals surface area contributed by atoms with E-state index in [0.29, 0.717) is 32.4 Å². The summed E-state index contributed by atoms with van der Waals surface area (Å²) in [7, 11) is 1.62. The summed E-state index contributed by atoms with van der Waals surface area (Å²) < 4.78 is 5.42. The Hall–Kier alpha value is -1.79. The number of amides is 3. The van der Waals surface area contributed by atoms with Crippen LogP contribution in [0.4, 0.5) is 4.79 Å². The Morgan fingerprint density at radius 2 is 1.75 bits per heavy atom. The normalized spacial score (nSPS) is 25.8. The summed E-state index contributed by atoms with van der Waals surface area (Å²) in [4.78, 5) is 40.2. The third-order valence-electron chi connectivity index (χ3n) is 5.24. The van der Waals surface area contributed by atoms with E-state index >= 15 is 0 Å². The minimum Gasteiger partial charge on any atom is -0.444 e. The van der Waals surface area contributed by atoms with Gasteiger partial charge in [0, 0.05) is 20.1 Å². The van der Waals surface area contributed by atoms with Gasteiger partial charge in [-0.1, -0.05) is 0 Å². The van der Waals surface area contributed by atoms with E-state index in [2.05, 4.69) is 0 Å². The van der Waals surface area contributed by atoms with Gasteiger partial charge in [0.15, 0.2) is 0 Å². The summed E-state index contributed by atoms with van der Waals surface area (Å²) in [6.45, 7) is 7.98. The standard InChI is InChI=1S/C17H29N3O4/c1-15(2,3)24-14(23)19(5)17(7-6-8-17)13(22)20-10-9-16(4,11-20)12(18)21/h6-11H2,1-5H3,(H2,18,21). The van der Waals surface area contributed by atoms with Crippen molar-refractivity contribution in [2.24, 2.45) is 11.1 Å². The molecule has 2 aliphatic rings. The van der Waals surface area contributed by atoms with Crippen molar-refractivity contribution in [2.75, 3.05) is 20.1 Å². The van der Waals surface area contributed by atoms with Crippen LogP contribution in [0.3, 0.4) is 0 Å². The molecule has 2 rings (SSSR count). The Bertz CT molecular complexity index is 551. The Balaban J connectivity index is 2.14. The third-order valence-corrected chi connectivity index (χ3v) is 5.24. The maximum absolute atomic E-state index is 13.1. The van der Waals surface area contributed by atoms with Gasteiger partial charge < -0.3 is 15.4 Å². The molecule has 0 bridgehead atoms. The second-order valence-electron chi connectivity index (χ2n) is 8.33. The number of primary amides is 1. The van der Waals surface area contributed by atoms with Crippen LogP contribution in [0.1, 0.15) is 53.4 Å². The average Bonchev–Trinajstić information content (AvgIpc) is 2.79. The first kappa shape index (κ1) is 18.5. The fourth-order valence-corrected chi connectivity index (χ4v) is 3.34. The van der Waals surface area contributed by atoms with E-state index in [-0.39, 0.29) is 11.8 Å². The second kappa shape index (κ2) is 5.93. The van der Waals surface area contributed by atoms with Crippen molar-refractivity contribution in [2.45, 2.75) is 64.5 Å². The predicted molar refractivity (Wildman–Crippen MR) is 89.1 cm³/mol. The average molecular weight is 339 g/mol. The number of likely N-dealkylation sites (tertiary alicyclic amines) is 1. The number of ether oxygens (including phenoxy) is 1. The summed E-state index contributed by atoms with van der Waals surface area (Å²) in [6, 6.07) is 0. The van der Waals surface area contributed by atoms with Gasteiger partial charge in [0.1, 0.15) is 11.1 Å². The van der Waals surface area contributed by atoms with E-state index in [4.69, 9.17) is 10.5 Å². The molecule has 1 aliphatic carbocycles. The quantitative estimate of drug-likeness (QED) is 0.843. The van der Waals surface area contributed by atoms with Gasteiger partial charge in [-0.3, -0.25) is 14.5 Å². The molecule has 0 spiro atoms. The van der Waals surface area contributed by atoms with E-state index in [0.717, 1.165) is 6.42 Å². The molecule has 0 radical (unpaired) electrons. The molecular weight excluding hydrogens is 310 g/mol. The van der Waals surface area contributed by atoms with Crippen LogP contribution >= 0.6 is 0 Å². The lowest BCUT2D eigenvalue weighted by atomic mass is 9.74. The first-order chi connectivity index (χ1) is 10.9. The molecule has 7 heteroatoms. The number of likely N-dealkylation sites (N-methyl/N-ethyl adjacent to an activating group) is 1. The van der Waals surface area contributed by atoms with Crippen molar-refractivity contribution < 1.29 is 19.1 Å². The van der Waals surface area contributed by atoms with E-state index in [9.17, 15) is 14.4 Å². The number of hydrogen-bond donors (Lipinski definition) is 1. The lowest BCUT2D eigenvalue weighted by molar-refractivity contribution is -0.149. The highest BCUT2D eigenvalue weighted by Gasteiger charge is 2.54. The number of rotatable bonds is 3. The van der Waals surface area contributed by atoms with Crippen LogP contribution in [0.2, 0.25) is 0 Å². The molecule has 1 saturated heterocycles. The van der Waals surface area contributed by atoms with E-state index in [1.165, 1.54) is 4.90 Å². The van der Waals surface area contributed by atoms with Crippen molar-refractivity contribution in [3.63, 3.8) is 0 Å². The van der Waals surface area contributed by atoms with Crippen LogP contribution in [0.25, 0.3) is 0 Å². The monoisotopic (exact) mass is 339 g/mol. The van der Waals surface area contributed by atoms with E-state index in [1.807, 2.05) is 0 Å². The highest BCUT2D eigenvalue weighted by molar-refractivity contribution is 5.92. The van der Waals surface area contributed by atoms with Gasteiger partial charge in [0.05, 0.1) is 5.41 Å². The third kappa shape index (κ3) is 3.21. The fourth-order valence-electron chi connectivity index (χ4n) is 3.34. The lowest BCUT2D eigenvalue weighted by Gasteiger charge is -2.48. The molecule has 3 amide bonds. The molecule has 7 nitrogen and oxygen atoms in total. The summed E-state index contributed by atoms with van der Waals surface area (Å²) >= 11 is 0. The molecule has 1 atom stereocenters. The molecule has 1 heterocycles. The van der Waals surface area contributed by atoms with Gasteiger partial charge in [-0.05, 0) is 53.4 Å². The number of nitrogens with zero attached hydrogens (tertiary/aromatic N) is 2. The number of nitrogens with two attached hydrogens (primary N) is 1. The van der Waals surface area contributed by atoms with E-state index in [1.54, 1.807) is 39.6 Å². The molecule has 24 heavy (non-hydrogen) atoms. The molecule has 1 aliphatic heterocycles. The maximum atomic E-state index is 13.1. The molecule has 1 saturated carbocycles. The van der Waals surface area contributed by atoms with Gasteiger partial charge in [0.2, 0.25) is 11.8 Å². The van der Waals surface area contributed by atoms with Crippen molar-refractivity contribution >= 4 is 17.9 Å². The summed E-state index contributed by atoms with van der Waals surface area (Å²) in [5, 5.41) is 0. The minimum absolute atomic E-state index is 0.105. The largest absolute Gasteiger partial charge is 0.444 e. The molecule has 2 fully saturated rings. The minimum atomic E-state index is -0.856. The van der Waals surface area contributed by atoms with Gasteiger partial charge in [-0.25, -0.2) is 4.79 Å². The SMILES string of the molecule is CN(C(=O)OC(C)(C)C)C1(C(=O)N2CCC(C)(C(N)=O)C2)CCC1. The van der Waals surface area contributed by atoms with Crippen molar-refractivity contribution in [3.05, 3.63) is 0 Å². The van der Waals surface area contributed by atoms with Crippen molar-refractivity contribution in [3.8, 4) is 0 Å². The molecule has 1 unspecified atom stereocenters. The highest BCUT2D eigenvalue weighted by Crippen LogP contribution is 2.41. The van der Waals surface area contributed by atoms with Crippen LogP contribution in [-0.2, 0) is 14.3 Å². The van der Waals surface area contributed by atoms with E-state index < -0.39 is 22.6 Å². The smallest absolute Gasteiger partial charge is 0.410 e. The molecule has 0 aromatic rings. The van der Waals surface area contributed by atoms with Crippen LogP contribution in [-0.4, -0.2) is 59.0 Å². The van der Waals surface area contributed by atoms with Crippen LogP contribution < -0.4 is 5.73 Å². The number of carbonyl (C=O) groups excluding carboxylic acids is 3. The fraction of sp³-hybridized carbons (Fsp3) is 0.824. The molecule has 0 aromatic carbocycles. The predicted octanol–water partition coefficient (Wildman–Crippen LogP) is 1.50. The Morgan fingerprint density at radius 1 is 1.17 bits per heavy atom. The summed E-state index contributed by atoms with van der Waals surface area (Å²) in [6.07, 6.45) is 2.18. The van der Waals surface area contributed by atoms with Gasteiger partial charge in [-0.2, -0.15) is 0 Å². The summed E-state index contributed by atoms with van der Waals surface area (Å²) in [5.74, 6) is -0.493.